The molecule has 0 amide bonds. The molecule has 4 nitrogen and oxygen atoms in total. The average molecular weight is 245 g/mol. The third-order valence-corrected chi connectivity index (χ3v) is 1.83. The van der Waals surface area contributed by atoms with Gasteiger partial charge in [0.25, 0.3) is 0 Å². The molecule has 17 heavy (non-hydrogen) atoms. The largest absolute Gasteiger partial charge is 0.465 e. The van der Waals surface area contributed by atoms with Crippen molar-refractivity contribution >= 4 is 11.7 Å². The molecule has 6 heteroatoms. The van der Waals surface area contributed by atoms with Crippen LogP contribution >= 0.6 is 0 Å². The molecule has 0 aliphatic rings. The molecule has 1 N–H and O–H groups in total. The molecule has 0 saturated heterocycles. The lowest BCUT2D eigenvalue weighted by atomic mass is 10.3. The fourth-order valence-electron chi connectivity index (χ4n) is 1.19. The number of carbonyl (C=O) groups is 1. The van der Waals surface area contributed by atoms with E-state index in [-0.39, 0.29) is 18.9 Å². The van der Waals surface area contributed by atoms with Gasteiger partial charge in [0.05, 0.1) is 12.3 Å². The highest BCUT2D eigenvalue weighted by molar-refractivity contribution is 5.75. The molecule has 0 saturated carbocycles. The Labute approximate surface area is 97.5 Å². The van der Waals surface area contributed by atoms with Crippen molar-refractivity contribution in [3.05, 3.63) is 24.3 Å². The molecular formula is C11H13F2NO3. The summed E-state index contributed by atoms with van der Waals surface area (Å²) in [5.41, 5.74) is 0.320. The van der Waals surface area contributed by atoms with Gasteiger partial charge in [0.15, 0.2) is 0 Å². The van der Waals surface area contributed by atoms with Crippen LogP contribution in [0, 0.1) is 0 Å². The first-order chi connectivity index (χ1) is 8.13. The second-order valence-electron chi connectivity index (χ2n) is 3.03. The van der Waals surface area contributed by atoms with Crippen LogP contribution in [-0.4, -0.2) is 25.7 Å². The third-order valence-electron chi connectivity index (χ3n) is 1.83. The van der Waals surface area contributed by atoms with E-state index in [4.69, 9.17) is 4.74 Å². The van der Waals surface area contributed by atoms with Crippen LogP contribution < -0.4 is 10.1 Å². The quantitative estimate of drug-likeness (QED) is 0.781. The minimum Gasteiger partial charge on any atom is -0.465 e. The maximum absolute atomic E-state index is 12.1. The summed E-state index contributed by atoms with van der Waals surface area (Å²) in [5.74, 6) is -0.467. The van der Waals surface area contributed by atoms with Gasteiger partial charge in [-0.15, -0.1) is 0 Å². The highest BCUT2D eigenvalue weighted by atomic mass is 19.3. The zero-order valence-corrected chi connectivity index (χ0v) is 9.28. The van der Waals surface area contributed by atoms with Crippen molar-refractivity contribution in [3.63, 3.8) is 0 Å². The molecule has 0 spiro atoms. The normalized spacial score (nSPS) is 10.1. The summed E-state index contributed by atoms with van der Waals surface area (Å²) in [6.07, 6.45) is 0. The van der Waals surface area contributed by atoms with E-state index in [2.05, 4.69) is 10.1 Å². The lowest BCUT2D eigenvalue weighted by molar-refractivity contribution is -0.140. The van der Waals surface area contributed by atoms with Gasteiger partial charge >= 0.3 is 12.6 Å². The number of alkyl halides is 2. The zero-order chi connectivity index (χ0) is 12.7. The highest BCUT2D eigenvalue weighted by Gasteiger charge is 2.09. The second-order valence-corrected chi connectivity index (χ2v) is 3.03. The summed E-state index contributed by atoms with van der Waals surface area (Å²) in [4.78, 5) is 11.1. The lowest BCUT2D eigenvalue weighted by Gasteiger charge is -2.11. The molecular weight excluding hydrogens is 232 g/mol. The van der Waals surface area contributed by atoms with Gasteiger partial charge in [0, 0.05) is 0 Å². The molecule has 0 bridgehead atoms. The topological polar surface area (TPSA) is 47.6 Å². The zero-order valence-electron chi connectivity index (χ0n) is 9.28. The van der Waals surface area contributed by atoms with E-state index in [1.165, 1.54) is 12.1 Å². The van der Waals surface area contributed by atoms with Crippen LogP contribution in [0.1, 0.15) is 6.92 Å². The maximum atomic E-state index is 12.1. The Morgan fingerprint density at radius 2 is 2.12 bits per heavy atom. The van der Waals surface area contributed by atoms with Gasteiger partial charge in [-0.2, -0.15) is 8.78 Å². The van der Waals surface area contributed by atoms with Gasteiger partial charge in [0.2, 0.25) is 0 Å². The van der Waals surface area contributed by atoms with E-state index in [9.17, 15) is 13.6 Å². The van der Waals surface area contributed by atoms with Crippen molar-refractivity contribution < 1.29 is 23.0 Å². The molecule has 0 radical (unpaired) electrons. The smallest absolute Gasteiger partial charge is 0.387 e. The third kappa shape index (κ3) is 4.67. The molecule has 1 aromatic carbocycles. The SMILES string of the molecule is CCOC(=O)CNc1ccccc1OC(F)F. The first-order valence-corrected chi connectivity index (χ1v) is 5.06. The predicted molar refractivity (Wildman–Crippen MR) is 58.2 cm³/mol. The number of nitrogens with one attached hydrogen (secondary N) is 1. The van der Waals surface area contributed by atoms with Gasteiger partial charge in [-0.3, -0.25) is 4.79 Å². The first-order valence-electron chi connectivity index (χ1n) is 5.06. The maximum Gasteiger partial charge on any atom is 0.387 e. The van der Waals surface area contributed by atoms with Gasteiger partial charge in [-0.25, -0.2) is 0 Å². The van der Waals surface area contributed by atoms with E-state index < -0.39 is 12.6 Å². The summed E-state index contributed by atoms with van der Waals surface area (Å²) in [5, 5.41) is 2.67. The van der Waals surface area contributed by atoms with Crippen LogP contribution in [0.2, 0.25) is 0 Å². The molecule has 1 rings (SSSR count). The average Bonchev–Trinajstić information content (AvgIpc) is 2.27. The van der Waals surface area contributed by atoms with Crippen LogP contribution in [0.5, 0.6) is 5.75 Å². The van der Waals surface area contributed by atoms with Gasteiger partial charge in [0.1, 0.15) is 12.3 Å². The lowest BCUT2D eigenvalue weighted by Crippen LogP contribution is -2.17. The van der Waals surface area contributed by atoms with Crippen LogP contribution in [0.4, 0.5) is 14.5 Å². The van der Waals surface area contributed by atoms with Crippen LogP contribution in [0.25, 0.3) is 0 Å². The summed E-state index contributed by atoms with van der Waals surface area (Å²) in [6, 6.07) is 6.13. The molecule has 0 aromatic heterocycles. The minimum absolute atomic E-state index is 0.00759. The number of hydrogen-bond acceptors (Lipinski definition) is 4. The Hall–Kier alpha value is -1.85. The van der Waals surface area contributed by atoms with E-state index >= 15 is 0 Å². The predicted octanol–water partition coefficient (Wildman–Crippen LogP) is 2.26. The number of para-hydroxylation sites is 2. The number of benzene rings is 1. The first kappa shape index (κ1) is 13.2. The Bertz CT molecular complexity index is 371. The monoisotopic (exact) mass is 245 g/mol. The highest BCUT2D eigenvalue weighted by Crippen LogP contribution is 2.25. The molecule has 0 aliphatic carbocycles. The molecule has 0 atom stereocenters. The number of carbonyl (C=O) groups excluding carboxylic acids is 1. The minimum atomic E-state index is -2.90. The number of ether oxygens (including phenoxy) is 2. The van der Waals surface area contributed by atoms with Crippen molar-refractivity contribution in [2.45, 2.75) is 13.5 Å². The number of rotatable bonds is 6. The number of halogens is 2. The molecule has 0 heterocycles. The molecule has 0 unspecified atom stereocenters. The Kier molecular flexibility index (Phi) is 5.19. The van der Waals surface area contributed by atoms with Crippen LogP contribution in [-0.2, 0) is 9.53 Å². The van der Waals surface area contributed by atoms with Crippen LogP contribution in [0.3, 0.4) is 0 Å². The summed E-state index contributed by atoms with van der Waals surface area (Å²) < 4.78 is 33.1. The van der Waals surface area contributed by atoms with Crippen molar-refractivity contribution in [2.75, 3.05) is 18.5 Å². The van der Waals surface area contributed by atoms with Crippen molar-refractivity contribution in [2.24, 2.45) is 0 Å². The number of esters is 1. The second kappa shape index (κ2) is 6.67. The van der Waals surface area contributed by atoms with Crippen molar-refractivity contribution in [3.8, 4) is 5.75 Å². The molecule has 0 fully saturated rings. The van der Waals surface area contributed by atoms with Crippen molar-refractivity contribution in [1.82, 2.24) is 0 Å². The van der Waals surface area contributed by atoms with Gasteiger partial charge in [-0.1, -0.05) is 12.1 Å². The molecule has 0 aliphatic heterocycles. The Morgan fingerprint density at radius 3 is 2.76 bits per heavy atom. The summed E-state index contributed by atoms with van der Waals surface area (Å²) in [6.45, 7) is -1.04. The molecule has 1 aromatic rings. The standard InChI is InChI=1S/C11H13F2NO3/c1-2-16-10(15)7-14-8-5-3-4-6-9(8)17-11(12)13/h3-6,11,14H,2,7H2,1H3. The fourth-order valence-corrected chi connectivity index (χ4v) is 1.19. The van der Waals surface area contributed by atoms with E-state index in [0.717, 1.165) is 0 Å². The van der Waals surface area contributed by atoms with E-state index in [1.54, 1.807) is 19.1 Å². The number of hydrogen-bond donors (Lipinski definition) is 1. The summed E-state index contributed by atoms with van der Waals surface area (Å²) in [7, 11) is 0. The van der Waals surface area contributed by atoms with Gasteiger partial charge < -0.3 is 14.8 Å². The molecule has 94 valence electrons. The van der Waals surface area contributed by atoms with Crippen LogP contribution in [0.15, 0.2) is 24.3 Å². The summed E-state index contributed by atoms with van der Waals surface area (Å²) >= 11 is 0. The Balaban J connectivity index is 2.60. The van der Waals surface area contributed by atoms with Crippen molar-refractivity contribution in [1.29, 1.82) is 0 Å². The van der Waals surface area contributed by atoms with Gasteiger partial charge in [-0.05, 0) is 19.1 Å². The fraction of sp³-hybridized carbons (Fsp3) is 0.364. The number of anilines is 1. The van der Waals surface area contributed by atoms with E-state index in [0.29, 0.717) is 5.69 Å². The Morgan fingerprint density at radius 1 is 1.41 bits per heavy atom. The van der Waals surface area contributed by atoms with E-state index in [1.807, 2.05) is 0 Å².